The summed E-state index contributed by atoms with van der Waals surface area (Å²) >= 11 is 1.61. The van der Waals surface area contributed by atoms with Gasteiger partial charge in [-0.3, -0.25) is 0 Å². The number of nitrogens with one attached hydrogen (secondary N) is 1. The number of aryl methyl sites for hydroxylation is 2. The molecule has 0 unspecified atom stereocenters. The standard InChI is InChI=1S/C17H23N3S/c1-12-8-13(2)20-16(9-12)21-15-7-6-14(10-18-15)11-19-17(3,4)5/h6-10,19H,11H2,1-5H3. The van der Waals surface area contributed by atoms with Crippen LogP contribution in [-0.4, -0.2) is 15.5 Å². The molecule has 0 amide bonds. The van der Waals surface area contributed by atoms with Gasteiger partial charge in [-0.1, -0.05) is 17.8 Å². The molecule has 0 spiro atoms. The minimum atomic E-state index is 0.121. The van der Waals surface area contributed by atoms with Crippen molar-refractivity contribution >= 4 is 11.8 Å². The van der Waals surface area contributed by atoms with Crippen molar-refractivity contribution in [3.05, 3.63) is 47.3 Å². The van der Waals surface area contributed by atoms with E-state index in [4.69, 9.17) is 0 Å². The lowest BCUT2D eigenvalue weighted by molar-refractivity contribution is 0.424. The molecule has 112 valence electrons. The molecular weight excluding hydrogens is 278 g/mol. The molecule has 0 atom stereocenters. The van der Waals surface area contributed by atoms with Crippen molar-refractivity contribution in [2.75, 3.05) is 0 Å². The van der Waals surface area contributed by atoms with Gasteiger partial charge in [0.1, 0.15) is 10.1 Å². The molecule has 0 aromatic carbocycles. The molecule has 2 heterocycles. The highest BCUT2D eigenvalue weighted by Crippen LogP contribution is 2.25. The van der Waals surface area contributed by atoms with Crippen LogP contribution in [0.5, 0.6) is 0 Å². The van der Waals surface area contributed by atoms with Crippen molar-refractivity contribution in [1.29, 1.82) is 0 Å². The van der Waals surface area contributed by atoms with Crippen molar-refractivity contribution in [3.8, 4) is 0 Å². The van der Waals surface area contributed by atoms with Gasteiger partial charge in [0.2, 0.25) is 0 Å². The fraction of sp³-hybridized carbons (Fsp3) is 0.412. The molecule has 3 nitrogen and oxygen atoms in total. The predicted molar refractivity (Wildman–Crippen MR) is 88.7 cm³/mol. The highest BCUT2D eigenvalue weighted by atomic mass is 32.2. The average molecular weight is 301 g/mol. The summed E-state index contributed by atoms with van der Waals surface area (Å²) in [5.74, 6) is 0. The van der Waals surface area contributed by atoms with Gasteiger partial charge >= 0.3 is 0 Å². The summed E-state index contributed by atoms with van der Waals surface area (Å²) in [6, 6.07) is 8.35. The van der Waals surface area contributed by atoms with Gasteiger partial charge < -0.3 is 5.32 Å². The first-order valence-electron chi connectivity index (χ1n) is 7.15. The van der Waals surface area contributed by atoms with Gasteiger partial charge in [0.15, 0.2) is 0 Å². The fourth-order valence-electron chi connectivity index (χ4n) is 1.91. The number of hydrogen-bond donors (Lipinski definition) is 1. The van der Waals surface area contributed by atoms with Gasteiger partial charge in [-0.15, -0.1) is 0 Å². The van der Waals surface area contributed by atoms with Crippen LogP contribution >= 0.6 is 11.8 Å². The summed E-state index contributed by atoms with van der Waals surface area (Å²) in [5.41, 5.74) is 3.60. The Morgan fingerprint density at radius 1 is 1.10 bits per heavy atom. The van der Waals surface area contributed by atoms with Crippen molar-refractivity contribution in [3.63, 3.8) is 0 Å². The Bertz CT molecular complexity index is 580. The van der Waals surface area contributed by atoms with E-state index in [-0.39, 0.29) is 5.54 Å². The first-order valence-corrected chi connectivity index (χ1v) is 7.96. The highest BCUT2D eigenvalue weighted by molar-refractivity contribution is 7.99. The van der Waals surface area contributed by atoms with E-state index >= 15 is 0 Å². The van der Waals surface area contributed by atoms with E-state index in [1.807, 2.05) is 13.1 Å². The lowest BCUT2D eigenvalue weighted by Gasteiger charge is -2.20. The third-order valence-electron chi connectivity index (χ3n) is 2.90. The second kappa shape index (κ2) is 6.58. The predicted octanol–water partition coefficient (Wildman–Crippen LogP) is 4.13. The van der Waals surface area contributed by atoms with Crippen LogP contribution in [0.3, 0.4) is 0 Å². The monoisotopic (exact) mass is 301 g/mol. The maximum absolute atomic E-state index is 4.53. The highest BCUT2D eigenvalue weighted by Gasteiger charge is 2.08. The Morgan fingerprint density at radius 2 is 1.86 bits per heavy atom. The number of hydrogen-bond acceptors (Lipinski definition) is 4. The first-order chi connectivity index (χ1) is 9.82. The van der Waals surface area contributed by atoms with E-state index in [0.29, 0.717) is 0 Å². The smallest absolute Gasteiger partial charge is 0.103 e. The van der Waals surface area contributed by atoms with Gasteiger partial charge in [-0.25, -0.2) is 9.97 Å². The van der Waals surface area contributed by atoms with E-state index in [0.717, 1.165) is 22.3 Å². The Labute approximate surface area is 131 Å². The molecule has 0 aliphatic heterocycles. The number of aromatic nitrogens is 2. The molecule has 2 aromatic heterocycles. The Hall–Kier alpha value is -1.39. The molecule has 4 heteroatoms. The summed E-state index contributed by atoms with van der Waals surface area (Å²) in [6.07, 6.45) is 1.93. The normalized spacial score (nSPS) is 11.7. The minimum Gasteiger partial charge on any atom is -0.308 e. The van der Waals surface area contributed by atoms with Gasteiger partial charge in [-0.2, -0.15) is 0 Å². The van der Waals surface area contributed by atoms with Crippen molar-refractivity contribution in [2.45, 2.75) is 56.8 Å². The van der Waals surface area contributed by atoms with Crippen LogP contribution in [-0.2, 0) is 6.54 Å². The molecule has 0 bridgehead atoms. The van der Waals surface area contributed by atoms with Gasteiger partial charge in [0.05, 0.1) is 0 Å². The van der Waals surface area contributed by atoms with E-state index in [2.05, 4.69) is 67.2 Å². The third-order valence-corrected chi connectivity index (χ3v) is 3.77. The zero-order valence-electron chi connectivity index (χ0n) is 13.4. The topological polar surface area (TPSA) is 37.8 Å². The summed E-state index contributed by atoms with van der Waals surface area (Å²) in [4.78, 5) is 9.05. The van der Waals surface area contributed by atoms with Crippen molar-refractivity contribution in [1.82, 2.24) is 15.3 Å². The third kappa shape index (κ3) is 5.48. The molecule has 1 N–H and O–H groups in total. The van der Waals surface area contributed by atoms with Crippen LogP contribution < -0.4 is 5.32 Å². The lowest BCUT2D eigenvalue weighted by Crippen LogP contribution is -2.35. The van der Waals surface area contributed by atoms with E-state index in [9.17, 15) is 0 Å². The summed E-state index contributed by atoms with van der Waals surface area (Å²) in [7, 11) is 0. The summed E-state index contributed by atoms with van der Waals surface area (Å²) < 4.78 is 0. The fourth-order valence-corrected chi connectivity index (χ4v) is 2.80. The number of pyridine rings is 2. The quantitative estimate of drug-likeness (QED) is 0.921. The van der Waals surface area contributed by atoms with Crippen LogP contribution in [0.25, 0.3) is 0 Å². The van der Waals surface area contributed by atoms with Gasteiger partial charge in [0.25, 0.3) is 0 Å². The molecule has 2 rings (SSSR count). The Kier molecular flexibility index (Phi) is 5.01. The maximum Gasteiger partial charge on any atom is 0.103 e. The molecule has 0 saturated heterocycles. The van der Waals surface area contributed by atoms with Crippen molar-refractivity contribution < 1.29 is 0 Å². The molecule has 21 heavy (non-hydrogen) atoms. The number of rotatable bonds is 4. The van der Waals surface area contributed by atoms with Crippen molar-refractivity contribution in [2.24, 2.45) is 0 Å². The lowest BCUT2D eigenvalue weighted by atomic mass is 10.1. The second-order valence-corrected chi connectivity index (χ2v) is 7.38. The maximum atomic E-state index is 4.53. The molecule has 0 radical (unpaired) electrons. The van der Waals surface area contributed by atoms with Crippen LogP contribution in [0.2, 0.25) is 0 Å². The summed E-state index contributed by atoms with van der Waals surface area (Å²) in [5, 5.41) is 5.44. The molecule has 2 aromatic rings. The van der Waals surface area contributed by atoms with Gasteiger partial charge in [-0.05, 0) is 63.9 Å². The minimum absolute atomic E-state index is 0.121. The van der Waals surface area contributed by atoms with E-state index in [1.165, 1.54) is 11.1 Å². The summed E-state index contributed by atoms with van der Waals surface area (Å²) in [6.45, 7) is 11.4. The average Bonchev–Trinajstić information content (AvgIpc) is 2.36. The second-order valence-electron chi connectivity index (χ2n) is 6.33. The largest absolute Gasteiger partial charge is 0.308 e. The van der Waals surface area contributed by atoms with E-state index < -0.39 is 0 Å². The molecule has 0 saturated carbocycles. The van der Waals surface area contributed by atoms with Crippen LogP contribution in [0.1, 0.15) is 37.6 Å². The zero-order chi connectivity index (χ0) is 15.5. The molecular formula is C17H23N3S. The van der Waals surface area contributed by atoms with Crippen LogP contribution in [0.15, 0.2) is 40.5 Å². The SMILES string of the molecule is Cc1cc(C)nc(Sc2ccc(CNC(C)(C)C)cn2)c1. The molecule has 0 aliphatic rings. The Balaban J connectivity index is 2.02. The van der Waals surface area contributed by atoms with E-state index in [1.54, 1.807) is 11.8 Å². The van der Waals surface area contributed by atoms with Crippen LogP contribution in [0.4, 0.5) is 0 Å². The van der Waals surface area contributed by atoms with Gasteiger partial charge in [0, 0.05) is 24.0 Å². The Morgan fingerprint density at radius 3 is 2.43 bits per heavy atom. The molecule has 0 aliphatic carbocycles. The zero-order valence-corrected chi connectivity index (χ0v) is 14.2. The number of nitrogens with zero attached hydrogens (tertiary/aromatic N) is 2. The molecule has 0 fully saturated rings. The van der Waals surface area contributed by atoms with Crippen LogP contribution in [0, 0.1) is 13.8 Å². The first kappa shape index (κ1) is 16.0.